The normalized spacial score (nSPS) is 18.8. The van der Waals surface area contributed by atoms with Gasteiger partial charge in [-0.3, -0.25) is 19.2 Å². The van der Waals surface area contributed by atoms with E-state index in [1.54, 1.807) is 4.90 Å². The summed E-state index contributed by atoms with van der Waals surface area (Å²) in [6.07, 6.45) is 1.58. The highest BCUT2D eigenvalue weighted by Crippen LogP contribution is 2.29. The molecule has 1 aromatic heterocycles. The lowest BCUT2D eigenvalue weighted by Crippen LogP contribution is -2.48. The van der Waals surface area contributed by atoms with Crippen LogP contribution in [0.4, 0.5) is 4.39 Å². The highest BCUT2D eigenvalue weighted by molar-refractivity contribution is 5.97. The predicted molar refractivity (Wildman–Crippen MR) is 151 cm³/mol. The number of carbonyl (C=O) groups excluding carboxylic acids is 3. The molecule has 5 rings (SSSR count). The molecule has 3 amide bonds. The van der Waals surface area contributed by atoms with E-state index in [0.717, 1.165) is 28.7 Å². The van der Waals surface area contributed by atoms with E-state index in [1.165, 1.54) is 12.1 Å². The number of benzene rings is 2. The predicted octanol–water partition coefficient (Wildman–Crippen LogP) is 2.56. The van der Waals surface area contributed by atoms with E-state index < -0.39 is 11.7 Å². The summed E-state index contributed by atoms with van der Waals surface area (Å²) in [5.74, 6) is -1.09. The van der Waals surface area contributed by atoms with Crippen molar-refractivity contribution in [1.29, 1.82) is 0 Å². The molecule has 0 spiro atoms. The summed E-state index contributed by atoms with van der Waals surface area (Å²) < 4.78 is 21.4. The van der Waals surface area contributed by atoms with Gasteiger partial charge < -0.3 is 25.4 Å². The maximum absolute atomic E-state index is 13.9. The van der Waals surface area contributed by atoms with Gasteiger partial charge in [0.15, 0.2) is 0 Å². The van der Waals surface area contributed by atoms with Crippen molar-refractivity contribution in [3.05, 3.63) is 76.9 Å². The second-order valence-corrected chi connectivity index (χ2v) is 10.1. The van der Waals surface area contributed by atoms with Gasteiger partial charge in [-0.1, -0.05) is 18.2 Å². The van der Waals surface area contributed by atoms with Crippen LogP contribution < -0.4 is 15.4 Å². The molecule has 0 unspecified atom stereocenters. The fourth-order valence-electron chi connectivity index (χ4n) is 5.51. The Hall–Kier alpha value is -4.74. The number of carboxylic acid groups (broad SMARTS) is 1. The number of nitrogens with one attached hydrogen (secondary N) is 2. The maximum Gasteiger partial charge on any atom is 0.290 e. The topological polar surface area (TPSA) is 143 Å². The van der Waals surface area contributed by atoms with Crippen LogP contribution in [0.25, 0.3) is 5.69 Å². The number of aryl methyl sites for hydroxylation is 1. The van der Waals surface area contributed by atoms with Crippen LogP contribution in [0.2, 0.25) is 0 Å². The van der Waals surface area contributed by atoms with Crippen molar-refractivity contribution in [3.63, 3.8) is 0 Å². The van der Waals surface area contributed by atoms with E-state index in [4.69, 9.17) is 14.6 Å². The van der Waals surface area contributed by atoms with Gasteiger partial charge in [0.25, 0.3) is 12.4 Å². The largest absolute Gasteiger partial charge is 0.491 e. The summed E-state index contributed by atoms with van der Waals surface area (Å²) in [6, 6.07) is 12.9. The summed E-state index contributed by atoms with van der Waals surface area (Å²) in [5.41, 5.74) is 3.48. The van der Waals surface area contributed by atoms with Crippen molar-refractivity contribution >= 4 is 24.2 Å². The van der Waals surface area contributed by atoms with Crippen LogP contribution in [0.5, 0.6) is 5.75 Å². The maximum atomic E-state index is 13.9. The average Bonchev–Trinajstić information content (AvgIpc) is 3.50. The Morgan fingerprint density at radius 2 is 1.83 bits per heavy atom. The summed E-state index contributed by atoms with van der Waals surface area (Å²) in [7, 11) is 0. The third kappa shape index (κ3) is 6.93. The Labute approximate surface area is 242 Å². The molecule has 2 aliphatic rings. The molecule has 222 valence electrons. The number of fused-ring (bicyclic) bond motifs is 3. The molecule has 1 fully saturated rings. The zero-order valence-corrected chi connectivity index (χ0v) is 23.5. The fourth-order valence-corrected chi connectivity index (χ4v) is 5.51. The van der Waals surface area contributed by atoms with Gasteiger partial charge in [0.2, 0.25) is 11.8 Å². The molecular weight excluding hydrogens is 545 g/mol. The summed E-state index contributed by atoms with van der Waals surface area (Å²) in [5, 5.41) is 17.2. The molecule has 3 N–H and O–H groups in total. The first-order chi connectivity index (χ1) is 20.2. The third-order valence-corrected chi connectivity index (χ3v) is 7.47. The van der Waals surface area contributed by atoms with Crippen LogP contribution in [0, 0.1) is 19.7 Å². The van der Waals surface area contributed by atoms with Gasteiger partial charge in [-0.05, 0) is 57.0 Å². The lowest BCUT2D eigenvalue weighted by molar-refractivity contribution is -0.134. The number of halogens is 1. The van der Waals surface area contributed by atoms with Gasteiger partial charge >= 0.3 is 0 Å². The zero-order chi connectivity index (χ0) is 30.2. The lowest BCUT2D eigenvalue weighted by atomic mass is 10.1. The van der Waals surface area contributed by atoms with Crippen LogP contribution >= 0.6 is 0 Å². The van der Waals surface area contributed by atoms with E-state index in [-0.39, 0.29) is 74.2 Å². The highest BCUT2D eigenvalue weighted by Gasteiger charge is 2.38. The molecule has 2 bridgehead atoms. The average molecular weight is 580 g/mol. The van der Waals surface area contributed by atoms with Gasteiger partial charge in [-0.25, -0.2) is 9.07 Å². The molecule has 3 aromatic rings. The second kappa shape index (κ2) is 13.7. The van der Waals surface area contributed by atoms with Crippen LogP contribution in [-0.2, 0) is 20.8 Å². The van der Waals surface area contributed by atoms with Crippen LogP contribution in [-0.4, -0.2) is 75.8 Å². The first-order valence-corrected chi connectivity index (χ1v) is 13.7. The minimum Gasteiger partial charge on any atom is -0.491 e. The number of nitrogens with zero attached hydrogens (tertiary/aromatic N) is 3. The molecular formula is C30H34FN5O6. The molecule has 0 aliphatic carbocycles. The number of carbonyl (C=O) groups is 4. The number of amides is 3. The molecule has 1 saturated heterocycles. The van der Waals surface area contributed by atoms with E-state index in [2.05, 4.69) is 15.7 Å². The van der Waals surface area contributed by atoms with Crippen molar-refractivity contribution < 1.29 is 33.4 Å². The monoisotopic (exact) mass is 579 g/mol. The van der Waals surface area contributed by atoms with Crippen molar-refractivity contribution in [2.24, 2.45) is 0 Å². The molecule has 42 heavy (non-hydrogen) atoms. The molecule has 12 heteroatoms. The third-order valence-electron chi connectivity index (χ3n) is 7.47. The Kier molecular flexibility index (Phi) is 9.89. The Morgan fingerprint density at radius 1 is 1.12 bits per heavy atom. The van der Waals surface area contributed by atoms with Gasteiger partial charge in [0.1, 0.15) is 18.2 Å². The smallest absolute Gasteiger partial charge is 0.290 e. The first kappa shape index (κ1) is 30.2. The van der Waals surface area contributed by atoms with Gasteiger partial charge in [0, 0.05) is 36.3 Å². The van der Waals surface area contributed by atoms with Crippen LogP contribution in [0.1, 0.15) is 46.6 Å². The minimum atomic E-state index is -0.554. The van der Waals surface area contributed by atoms with Gasteiger partial charge in [0.05, 0.1) is 29.9 Å². The first-order valence-electron chi connectivity index (χ1n) is 13.7. The quantitative estimate of drug-likeness (QED) is 0.405. The van der Waals surface area contributed by atoms with Crippen LogP contribution in [0.3, 0.4) is 0 Å². The van der Waals surface area contributed by atoms with E-state index in [1.807, 2.05) is 48.9 Å². The highest BCUT2D eigenvalue weighted by atomic mass is 19.1. The number of para-hydroxylation sites is 1. The number of ether oxygens (including phenoxy) is 1. The Balaban J connectivity index is 0.00000129. The number of hydrogen-bond donors (Lipinski definition) is 3. The van der Waals surface area contributed by atoms with Gasteiger partial charge in [-0.15, -0.1) is 0 Å². The number of rotatable bonds is 3. The molecule has 0 radical (unpaired) electrons. The Bertz CT molecular complexity index is 1440. The number of aromatic nitrogens is 2. The molecule has 2 aliphatic heterocycles. The molecule has 11 nitrogen and oxygen atoms in total. The molecule has 3 heterocycles. The molecule has 2 aromatic carbocycles. The molecule has 0 saturated carbocycles. The summed E-state index contributed by atoms with van der Waals surface area (Å²) in [6.45, 7) is 4.11. The fraction of sp³-hybridized carbons (Fsp3) is 0.367. The van der Waals surface area contributed by atoms with E-state index >= 15 is 0 Å². The summed E-state index contributed by atoms with van der Waals surface area (Å²) in [4.78, 5) is 49.7. The van der Waals surface area contributed by atoms with E-state index in [0.29, 0.717) is 12.8 Å². The van der Waals surface area contributed by atoms with E-state index in [9.17, 15) is 18.8 Å². The van der Waals surface area contributed by atoms with Crippen molar-refractivity contribution in [2.45, 2.75) is 51.6 Å². The Morgan fingerprint density at radius 3 is 2.57 bits per heavy atom. The lowest BCUT2D eigenvalue weighted by Gasteiger charge is -2.31. The minimum absolute atomic E-state index is 0.0744. The van der Waals surface area contributed by atoms with Crippen molar-refractivity contribution in [2.75, 3.05) is 19.7 Å². The van der Waals surface area contributed by atoms with Gasteiger partial charge in [-0.2, -0.15) is 5.10 Å². The SMILES string of the molecule is Cc1nn(-c2ccccc2)c(C)c1CC(=O)N1[C@@H]2CC[C@H]1CC(=O)NCCOc1ccc(F)cc1C(=O)NC2.O=CO. The molecule has 2 atom stereocenters. The zero-order valence-electron chi connectivity index (χ0n) is 23.5. The standard InChI is InChI=1S/C29H32FN5O4.CH2O2/c1-18-24(19(2)35(33-18)21-6-4-3-5-7-21)16-28(37)34-22-9-10-23(34)17-32-29(38)25-14-20(30)8-11-26(25)39-13-12-31-27(36)15-22;2-1-3/h3-8,11,14,22-23H,9-10,12-13,15-17H2,1-2H3,(H,31,36)(H,32,38);1H,(H,2,3)/t22-,23+;/m0./s1. The number of hydrogen-bond acceptors (Lipinski definition) is 6. The van der Waals surface area contributed by atoms with Crippen molar-refractivity contribution in [3.8, 4) is 11.4 Å². The van der Waals surface area contributed by atoms with Crippen LogP contribution in [0.15, 0.2) is 48.5 Å². The summed E-state index contributed by atoms with van der Waals surface area (Å²) >= 11 is 0. The van der Waals surface area contributed by atoms with Crippen molar-refractivity contribution in [1.82, 2.24) is 25.3 Å². The second-order valence-electron chi connectivity index (χ2n) is 10.1.